The first-order chi connectivity index (χ1) is 10.2. The first-order valence-electron chi connectivity index (χ1n) is 7.26. The number of nitrogens with two attached hydrogens (primary N) is 1. The van der Waals surface area contributed by atoms with Crippen molar-refractivity contribution in [2.45, 2.75) is 31.4 Å². The average Bonchev–Trinajstić information content (AvgIpc) is 3.24. The molecular weight excluding hydrogens is 262 g/mol. The lowest BCUT2D eigenvalue weighted by Crippen LogP contribution is -2.08. The molecule has 108 valence electrons. The van der Waals surface area contributed by atoms with Crippen molar-refractivity contribution in [3.8, 4) is 0 Å². The maximum absolute atomic E-state index is 11.8. The Balaban J connectivity index is 1.50. The lowest BCUT2D eigenvalue weighted by Gasteiger charge is -2.06. The Labute approximate surface area is 124 Å². The molecule has 1 aliphatic carbocycles. The number of carbonyl (C=O) groups is 1. The molecule has 2 aromatic carbocycles. The summed E-state index contributed by atoms with van der Waals surface area (Å²) < 4.78 is 5.28. The highest BCUT2D eigenvalue weighted by Crippen LogP contribution is 2.38. The number of esters is 1. The van der Waals surface area contributed by atoms with Crippen molar-refractivity contribution in [2.75, 3.05) is 0 Å². The van der Waals surface area contributed by atoms with Crippen LogP contribution in [0.2, 0.25) is 0 Å². The molecule has 0 saturated heterocycles. The third-order valence-electron chi connectivity index (χ3n) is 3.84. The smallest absolute Gasteiger partial charge is 0.310 e. The largest absolute Gasteiger partial charge is 0.461 e. The van der Waals surface area contributed by atoms with Crippen LogP contribution in [0.1, 0.15) is 29.0 Å². The number of hydrogen-bond donors (Lipinski definition) is 1. The zero-order valence-electron chi connectivity index (χ0n) is 11.9. The van der Waals surface area contributed by atoms with E-state index in [1.165, 1.54) is 5.56 Å². The predicted molar refractivity (Wildman–Crippen MR) is 81.7 cm³/mol. The molecule has 0 bridgehead atoms. The zero-order valence-corrected chi connectivity index (χ0v) is 11.9. The van der Waals surface area contributed by atoms with Crippen LogP contribution in [-0.2, 0) is 22.6 Å². The van der Waals surface area contributed by atoms with Gasteiger partial charge in [-0.2, -0.15) is 0 Å². The molecule has 1 aliphatic rings. The van der Waals surface area contributed by atoms with Gasteiger partial charge in [0.1, 0.15) is 6.61 Å². The SMILES string of the molecule is NC1CC1c1ccc(CC(=O)OCc2ccccc2)cc1. The Kier molecular flexibility index (Phi) is 4.02. The Morgan fingerprint density at radius 3 is 2.33 bits per heavy atom. The van der Waals surface area contributed by atoms with E-state index in [1.807, 2.05) is 42.5 Å². The normalized spacial score (nSPS) is 20.0. The van der Waals surface area contributed by atoms with Crippen LogP contribution in [0.25, 0.3) is 0 Å². The van der Waals surface area contributed by atoms with Gasteiger partial charge in [-0.1, -0.05) is 54.6 Å². The molecule has 1 saturated carbocycles. The van der Waals surface area contributed by atoms with E-state index in [0.717, 1.165) is 17.5 Å². The second kappa shape index (κ2) is 6.10. The van der Waals surface area contributed by atoms with Crippen molar-refractivity contribution >= 4 is 5.97 Å². The summed E-state index contributed by atoms with van der Waals surface area (Å²) in [6, 6.07) is 18.1. The van der Waals surface area contributed by atoms with Crippen molar-refractivity contribution in [2.24, 2.45) is 5.73 Å². The minimum absolute atomic E-state index is 0.199. The van der Waals surface area contributed by atoms with Crippen LogP contribution in [0.15, 0.2) is 54.6 Å². The molecule has 2 unspecified atom stereocenters. The average molecular weight is 281 g/mol. The van der Waals surface area contributed by atoms with Crippen LogP contribution >= 0.6 is 0 Å². The van der Waals surface area contributed by atoms with Crippen LogP contribution in [0.3, 0.4) is 0 Å². The van der Waals surface area contributed by atoms with E-state index in [9.17, 15) is 4.79 Å². The van der Waals surface area contributed by atoms with Gasteiger partial charge in [-0.05, 0) is 23.1 Å². The van der Waals surface area contributed by atoms with Gasteiger partial charge in [0.05, 0.1) is 6.42 Å². The van der Waals surface area contributed by atoms with Crippen molar-refractivity contribution in [3.63, 3.8) is 0 Å². The Morgan fingerprint density at radius 1 is 1.05 bits per heavy atom. The summed E-state index contributed by atoms with van der Waals surface area (Å²) >= 11 is 0. The molecular formula is C18H19NO2. The van der Waals surface area contributed by atoms with Gasteiger partial charge in [0.15, 0.2) is 0 Å². The highest BCUT2D eigenvalue weighted by atomic mass is 16.5. The number of rotatable bonds is 5. The van der Waals surface area contributed by atoms with E-state index in [-0.39, 0.29) is 5.97 Å². The molecule has 0 aromatic heterocycles. The monoisotopic (exact) mass is 281 g/mol. The molecule has 0 heterocycles. The molecule has 3 nitrogen and oxygen atoms in total. The van der Waals surface area contributed by atoms with Crippen LogP contribution < -0.4 is 5.73 Å². The quantitative estimate of drug-likeness (QED) is 0.857. The molecule has 3 rings (SSSR count). The minimum Gasteiger partial charge on any atom is -0.461 e. The third-order valence-corrected chi connectivity index (χ3v) is 3.84. The summed E-state index contributed by atoms with van der Waals surface area (Å²) in [4.78, 5) is 11.8. The standard InChI is InChI=1S/C18H19NO2/c19-17-11-16(17)15-8-6-13(7-9-15)10-18(20)21-12-14-4-2-1-3-5-14/h1-9,16-17H,10-12,19H2. The zero-order chi connectivity index (χ0) is 14.7. The third kappa shape index (κ3) is 3.70. The predicted octanol–water partition coefficient (Wildman–Crippen LogP) is 2.79. The fourth-order valence-corrected chi connectivity index (χ4v) is 2.44. The van der Waals surface area contributed by atoms with Gasteiger partial charge in [-0.3, -0.25) is 4.79 Å². The molecule has 2 N–H and O–H groups in total. The topological polar surface area (TPSA) is 52.3 Å². The summed E-state index contributed by atoms with van der Waals surface area (Å²) in [5, 5.41) is 0. The van der Waals surface area contributed by atoms with Gasteiger partial charge in [-0.25, -0.2) is 0 Å². The van der Waals surface area contributed by atoms with E-state index in [4.69, 9.17) is 10.5 Å². The first-order valence-corrected chi connectivity index (χ1v) is 7.26. The van der Waals surface area contributed by atoms with Gasteiger partial charge in [0, 0.05) is 12.0 Å². The van der Waals surface area contributed by atoms with Gasteiger partial charge in [0.25, 0.3) is 0 Å². The lowest BCUT2D eigenvalue weighted by molar-refractivity contribution is -0.144. The second-order valence-corrected chi connectivity index (χ2v) is 5.57. The molecule has 21 heavy (non-hydrogen) atoms. The van der Waals surface area contributed by atoms with Crippen molar-refractivity contribution in [1.29, 1.82) is 0 Å². The fraction of sp³-hybridized carbons (Fsp3) is 0.278. The number of ether oxygens (including phenoxy) is 1. The fourth-order valence-electron chi connectivity index (χ4n) is 2.44. The molecule has 2 aromatic rings. The molecule has 2 atom stereocenters. The van der Waals surface area contributed by atoms with Crippen molar-refractivity contribution < 1.29 is 9.53 Å². The first kappa shape index (κ1) is 13.8. The Hall–Kier alpha value is -2.13. The van der Waals surface area contributed by atoms with E-state index in [1.54, 1.807) is 0 Å². The van der Waals surface area contributed by atoms with Gasteiger partial charge in [0.2, 0.25) is 0 Å². The number of benzene rings is 2. The van der Waals surface area contributed by atoms with Crippen LogP contribution in [-0.4, -0.2) is 12.0 Å². The van der Waals surface area contributed by atoms with Gasteiger partial charge in [-0.15, -0.1) is 0 Å². The van der Waals surface area contributed by atoms with E-state index >= 15 is 0 Å². The summed E-state index contributed by atoms with van der Waals surface area (Å²) in [7, 11) is 0. The number of hydrogen-bond acceptors (Lipinski definition) is 3. The highest BCUT2D eigenvalue weighted by Gasteiger charge is 2.34. The van der Waals surface area contributed by atoms with Gasteiger partial charge >= 0.3 is 5.97 Å². The van der Waals surface area contributed by atoms with Gasteiger partial charge < -0.3 is 10.5 Å². The minimum atomic E-state index is -0.199. The molecule has 0 radical (unpaired) electrons. The molecule has 3 heteroatoms. The molecule has 1 fully saturated rings. The van der Waals surface area contributed by atoms with E-state index in [2.05, 4.69) is 12.1 Å². The molecule has 0 spiro atoms. The van der Waals surface area contributed by atoms with Crippen LogP contribution in [0, 0.1) is 0 Å². The highest BCUT2D eigenvalue weighted by molar-refractivity contribution is 5.72. The molecule has 0 amide bonds. The van der Waals surface area contributed by atoms with E-state index < -0.39 is 0 Å². The summed E-state index contributed by atoms with van der Waals surface area (Å²) in [5.74, 6) is 0.304. The summed E-state index contributed by atoms with van der Waals surface area (Å²) in [6.45, 7) is 0.328. The second-order valence-electron chi connectivity index (χ2n) is 5.57. The summed E-state index contributed by atoms with van der Waals surface area (Å²) in [6.07, 6.45) is 1.38. The van der Waals surface area contributed by atoms with Crippen molar-refractivity contribution in [1.82, 2.24) is 0 Å². The van der Waals surface area contributed by atoms with Crippen LogP contribution in [0.4, 0.5) is 0 Å². The molecule has 0 aliphatic heterocycles. The summed E-state index contributed by atoms with van der Waals surface area (Å²) in [5.41, 5.74) is 9.09. The van der Waals surface area contributed by atoms with E-state index in [0.29, 0.717) is 25.0 Å². The maximum atomic E-state index is 11.8. The maximum Gasteiger partial charge on any atom is 0.310 e. The number of carbonyl (C=O) groups excluding carboxylic acids is 1. The van der Waals surface area contributed by atoms with Crippen LogP contribution in [0.5, 0.6) is 0 Å². The Bertz CT molecular complexity index is 607. The Morgan fingerprint density at radius 2 is 1.71 bits per heavy atom. The lowest BCUT2D eigenvalue weighted by atomic mass is 10.1. The van der Waals surface area contributed by atoms with Crippen molar-refractivity contribution in [3.05, 3.63) is 71.3 Å².